The van der Waals surface area contributed by atoms with Crippen LogP contribution in [-0.4, -0.2) is 21.2 Å². The summed E-state index contributed by atoms with van der Waals surface area (Å²) < 4.78 is 16.3. The maximum atomic E-state index is 14.9. The van der Waals surface area contributed by atoms with Gasteiger partial charge < -0.3 is 5.73 Å². The van der Waals surface area contributed by atoms with E-state index in [0.717, 1.165) is 4.34 Å². The molecule has 10 heteroatoms. The molecule has 2 heterocycles. The van der Waals surface area contributed by atoms with Gasteiger partial charge in [0.05, 0.1) is 17.6 Å². The van der Waals surface area contributed by atoms with Crippen molar-refractivity contribution in [3.8, 4) is 6.07 Å². The van der Waals surface area contributed by atoms with Crippen LogP contribution in [0.5, 0.6) is 0 Å². The van der Waals surface area contributed by atoms with E-state index in [0.29, 0.717) is 45.4 Å². The number of anilines is 1. The summed E-state index contributed by atoms with van der Waals surface area (Å²) in [5, 5.41) is 19.3. The van der Waals surface area contributed by atoms with E-state index in [1.54, 1.807) is 28.8 Å². The van der Waals surface area contributed by atoms with Crippen LogP contribution >= 0.6 is 39.0 Å². The first-order chi connectivity index (χ1) is 14.8. The molecule has 0 spiro atoms. The van der Waals surface area contributed by atoms with Gasteiger partial charge in [0.25, 0.3) is 0 Å². The second-order valence-corrected chi connectivity index (χ2v) is 11.2. The highest BCUT2D eigenvalue weighted by atomic mass is 79.9. The quantitative estimate of drug-likeness (QED) is 0.551. The van der Waals surface area contributed by atoms with Crippen molar-refractivity contribution in [2.24, 2.45) is 5.73 Å². The molecule has 0 fully saturated rings. The van der Waals surface area contributed by atoms with Crippen molar-refractivity contribution in [3.63, 3.8) is 0 Å². The Morgan fingerprint density at radius 2 is 2.16 bits per heavy atom. The predicted octanol–water partition coefficient (Wildman–Crippen LogP) is 5.24. The second-order valence-electron chi connectivity index (χ2n) is 7.50. The number of hydrogen-bond donors (Lipinski definition) is 1. The molecule has 0 saturated carbocycles. The van der Waals surface area contributed by atoms with E-state index in [2.05, 4.69) is 46.0 Å². The molecule has 31 heavy (non-hydrogen) atoms. The number of nitrogens with two attached hydrogens (primary N) is 1. The van der Waals surface area contributed by atoms with Crippen LogP contribution in [0.25, 0.3) is 0 Å². The average molecular weight is 520 g/mol. The number of nitriles is 1. The SMILES string of the molecule is CC(C)Sc1nnc(N2C(N)=C(C#N)C(c3ccc(Br)cc3F)C3=C2CCCC3=O)s1. The number of carbonyl (C=O) groups excluding carboxylic acids is 1. The summed E-state index contributed by atoms with van der Waals surface area (Å²) in [6, 6.07) is 6.76. The fraction of sp³-hybridized carbons (Fsp3) is 0.333. The minimum absolute atomic E-state index is 0.0971. The minimum Gasteiger partial charge on any atom is -0.384 e. The molecular weight excluding hydrogens is 501 g/mol. The van der Waals surface area contributed by atoms with Crippen LogP contribution < -0.4 is 10.6 Å². The summed E-state index contributed by atoms with van der Waals surface area (Å²) >= 11 is 6.20. The van der Waals surface area contributed by atoms with Gasteiger partial charge in [0.2, 0.25) is 5.13 Å². The molecule has 1 aromatic heterocycles. The number of allylic oxidation sites excluding steroid dienone is 3. The van der Waals surface area contributed by atoms with Gasteiger partial charge in [-0.2, -0.15) is 5.26 Å². The van der Waals surface area contributed by atoms with E-state index >= 15 is 0 Å². The number of ketones is 1. The standard InChI is InChI=1S/C21H19BrFN5OS2/c1-10(2)30-21-27-26-20(31-21)28-15-4-3-5-16(29)18(15)17(13(9-24)19(28)25)12-7-6-11(22)8-14(12)23/h6-8,10,17H,3-5,25H2,1-2H3. The van der Waals surface area contributed by atoms with Crippen molar-refractivity contribution in [3.05, 3.63) is 56.7 Å². The van der Waals surface area contributed by atoms with E-state index in [-0.39, 0.29) is 22.7 Å². The molecule has 4 rings (SSSR count). The maximum absolute atomic E-state index is 14.9. The predicted molar refractivity (Wildman–Crippen MR) is 123 cm³/mol. The Balaban J connectivity index is 1.90. The van der Waals surface area contributed by atoms with Crippen LogP contribution in [0.15, 0.2) is 49.7 Å². The number of hydrogen-bond acceptors (Lipinski definition) is 8. The lowest BCUT2D eigenvalue weighted by Crippen LogP contribution is -2.38. The number of thioether (sulfide) groups is 1. The monoisotopic (exact) mass is 519 g/mol. The first kappa shape index (κ1) is 22.0. The molecule has 0 amide bonds. The van der Waals surface area contributed by atoms with Crippen molar-refractivity contribution in [2.75, 3.05) is 4.90 Å². The molecule has 0 saturated heterocycles. The zero-order valence-electron chi connectivity index (χ0n) is 16.9. The average Bonchev–Trinajstić information content (AvgIpc) is 3.14. The number of aromatic nitrogens is 2. The lowest BCUT2D eigenvalue weighted by Gasteiger charge is -2.38. The number of carbonyl (C=O) groups is 1. The van der Waals surface area contributed by atoms with Gasteiger partial charge in [-0.15, -0.1) is 10.2 Å². The highest BCUT2D eigenvalue weighted by molar-refractivity contribution is 9.10. The van der Waals surface area contributed by atoms with Crippen LogP contribution in [0.2, 0.25) is 0 Å². The lowest BCUT2D eigenvalue weighted by atomic mass is 9.75. The number of Topliss-reactive ketones (excluding diaryl/α,β-unsaturated/α-hetero) is 1. The molecular formula is C21H19BrFN5OS2. The first-order valence-electron chi connectivity index (χ1n) is 9.73. The van der Waals surface area contributed by atoms with Gasteiger partial charge in [0, 0.05) is 33.0 Å². The number of benzene rings is 1. The molecule has 0 radical (unpaired) electrons. The van der Waals surface area contributed by atoms with Crippen molar-refractivity contribution in [1.29, 1.82) is 5.26 Å². The molecule has 6 nitrogen and oxygen atoms in total. The van der Waals surface area contributed by atoms with Gasteiger partial charge in [0.15, 0.2) is 10.1 Å². The van der Waals surface area contributed by atoms with Crippen LogP contribution in [0.3, 0.4) is 0 Å². The Bertz CT molecular complexity index is 1170. The van der Waals surface area contributed by atoms with Crippen molar-refractivity contribution < 1.29 is 9.18 Å². The maximum Gasteiger partial charge on any atom is 0.219 e. The van der Waals surface area contributed by atoms with E-state index < -0.39 is 11.7 Å². The summed E-state index contributed by atoms with van der Waals surface area (Å²) in [5.41, 5.74) is 7.98. The smallest absolute Gasteiger partial charge is 0.219 e. The van der Waals surface area contributed by atoms with E-state index in [1.807, 2.05) is 0 Å². The summed E-state index contributed by atoms with van der Waals surface area (Å²) in [7, 11) is 0. The third kappa shape index (κ3) is 4.02. The zero-order valence-corrected chi connectivity index (χ0v) is 20.1. The molecule has 1 atom stereocenters. The molecule has 160 valence electrons. The molecule has 1 unspecified atom stereocenters. The first-order valence-corrected chi connectivity index (χ1v) is 12.2. The topological polar surface area (TPSA) is 95.9 Å². The van der Waals surface area contributed by atoms with Gasteiger partial charge in [0.1, 0.15) is 11.6 Å². The van der Waals surface area contributed by atoms with E-state index in [1.165, 1.54) is 17.4 Å². The lowest BCUT2D eigenvalue weighted by molar-refractivity contribution is -0.116. The fourth-order valence-electron chi connectivity index (χ4n) is 3.89. The Morgan fingerprint density at radius 1 is 1.39 bits per heavy atom. The van der Waals surface area contributed by atoms with Gasteiger partial charge in [-0.25, -0.2) is 4.39 Å². The van der Waals surface area contributed by atoms with Crippen LogP contribution in [0, 0.1) is 17.1 Å². The highest BCUT2D eigenvalue weighted by Crippen LogP contribution is 2.47. The molecule has 1 aromatic carbocycles. The largest absolute Gasteiger partial charge is 0.384 e. The zero-order chi connectivity index (χ0) is 22.3. The van der Waals surface area contributed by atoms with Gasteiger partial charge in [-0.3, -0.25) is 9.69 Å². The third-order valence-corrected chi connectivity index (χ3v) is 7.60. The Kier molecular flexibility index (Phi) is 6.19. The van der Waals surface area contributed by atoms with Crippen molar-refractivity contribution in [2.45, 2.75) is 48.6 Å². The summed E-state index contributed by atoms with van der Waals surface area (Å²) in [6.45, 7) is 4.12. The van der Waals surface area contributed by atoms with Gasteiger partial charge in [-0.05, 0) is 25.0 Å². The molecule has 0 bridgehead atoms. The summed E-state index contributed by atoms with van der Waals surface area (Å²) in [5.74, 6) is -1.26. The summed E-state index contributed by atoms with van der Waals surface area (Å²) in [6.07, 6.45) is 1.59. The molecule has 2 N–H and O–H groups in total. The third-order valence-electron chi connectivity index (χ3n) is 5.11. The van der Waals surface area contributed by atoms with Crippen LogP contribution in [0.4, 0.5) is 9.52 Å². The fourth-order valence-corrected chi connectivity index (χ4v) is 6.33. The van der Waals surface area contributed by atoms with Gasteiger partial charge in [-0.1, -0.05) is 58.9 Å². The van der Waals surface area contributed by atoms with Crippen molar-refractivity contribution >= 4 is 49.9 Å². The Morgan fingerprint density at radius 3 is 2.84 bits per heavy atom. The minimum atomic E-state index is -0.838. The highest BCUT2D eigenvalue weighted by Gasteiger charge is 2.42. The molecule has 1 aliphatic heterocycles. The normalized spacial score (nSPS) is 19.2. The van der Waals surface area contributed by atoms with Crippen LogP contribution in [-0.2, 0) is 4.79 Å². The van der Waals surface area contributed by atoms with Gasteiger partial charge >= 0.3 is 0 Å². The van der Waals surface area contributed by atoms with Crippen molar-refractivity contribution in [1.82, 2.24) is 10.2 Å². The molecule has 2 aliphatic rings. The second kappa shape index (κ2) is 8.73. The van der Waals surface area contributed by atoms with E-state index in [4.69, 9.17) is 5.73 Å². The Hall–Kier alpha value is -2.22. The molecule has 1 aliphatic carbocycles. The van der Waals surface area contributed by atoms with E-state index in [9.17, 15) is 14.4 Å². The number of rotatable bonds is 4. The number of nitrogens with zero attached hydrogens (tertiary/aromatic N) is 4. The molecule has 2 aromatic rings. The van der Waals surface area contributed by atoms with Crippen LogP contribution in [0.1, 0.15) is 44.6 Å². The Labute approximate surface area is 196 Å². The summed E-state index contributed by atoms with van der Waals surface area (Å²) in [4.78, 5) is 14.7. The number of halogens is 2.